The van der Waals surface area contributed by atoms with E-state index in [-0.39, 0.29) is 18.4 Å². The van der Waals surface area contributed by atoms with Crippen molar-refractivity contribution in [1.82, 2.24) is 0 Å². The molecule has 3 rings (SSSR count). The zero-order chi connectivity index (χ0) is 22.4. The lowest BCUT2D eigenvalue weighted by Crippen LogP contribution is -3.11. The summed E-state index contributed by atoms with van der Waals surface area (Å²) in [4.78, 5) is 26.7. The minimum absolute atomic E-state index is 0.102. The van der Waals surface area contributed by atoms with Crippen LogP contribution in [-0.4, -0.2) is 25.4 Å². The van der Waals surface area contributed by atoms with E-state index in [0.717, 1.165) is 27.3 Å². The van der Waals surface area contributed by atoms with Crippen molar-refractivity contribution in [3.05, 3.63) is 94.5 Å². The molecule has 2 atom stereocenters. The monoisotopic (exact) mass is 436 g/mol. The number of quaternary nitrogens is 1. The maximum absolute atomic E-state index is 13.3. The Hall–Kier alpha value is -3.15. The number of nitrogens with one attached hydrogen (secondary N) is 3. The molecule has 5 nitrogen and oxygen atoms in total. The molecule has 6 heteroatoms. The van der Waals surface area contributed by atoms with Gasteiger partial charge >= 0.3 is 0 Å². The molecule has 0 saturated heterocycles. The first-order chi connectivity index (χ1) is 14.8. The number of para-hydroxylation sites is 1. The lowest BCUT2D eigenvalue weighted by atomic mass is 10.0. The maximum Gasteiger partial charge on any atom is 0.287 e. The quantitative estimate of drug-likeness (QED) is 0.527. The van der Waals surface area contributed by atoms with Crippen LogP contribution in [0.5, 0.6) is 0 Å². The first kappa shape index (κ1) is 22.5. The molecule has 0 spiro atoms. The second kappa shape index (κ2) is 10.2. The predicted molar refractivity (Wildman–Crippen MR) is 126 cm³/mol. The fourth-order valence-electron chi connectivity index (χ4n) is 3.49. The van der Waals surface area contributed by atoms with E-state index in [1.165, 1.54) is 0 Å². The Morgan fingerprint density at radius 1 is 0.903 bits per heavy atom. The zero-order valence-corrected chi connectivity index (χ0v) is 18.7. The number of hydrogen-bond donors (Lipinski definition) is 3. The van der Waals surface area contributed by atoms with Gasteiger partial charge in [0.2, 0.25) is 0 Å². The molecule has 0 bridgehead atoms. The van der Waals surface area contributed by atoms with E-state index < -0.39 is 6.04 Å². The van der Waals surface area contributed by atoms with Crippen molar-refractivity contribution < 1.29 is 14.5 Å². The number of benzene rings is 3. The number of amides is 2. The average Bonchev–Trinajstić information content (AvgIpc) is 2.73. The Labute approximate surface area is 188 Å². The molecule has 1 unspecified atom stereocenters. The van der Waals surface area contributed by atoms with Crippen molar-refractivity contribution in [3.8, 4) is 0 Å². The molecular weight excluding hydrogens is 410 g/mol. The van der Waals surface area contributed by atoms with E-state index in [1.807, 2.05) is 75.5 Å². The highest BCUT2D eigenvalue weighted by molar-refractivity contribution is 6.33. The van der Waals surface area contributed by atoms with E-state index in [4.69, 9.17) is 11.6 Å². The van der Waals surface area contributed by atoms with Gasteiger partial charge in [-0.2, -0.15) is 0 Å². The molecule has 0 aliphatic rings. The third kappa shape index (κ3) is 5.94. The van der Waals surface area contributed by atoms with Crippen LogP contribution in [-0.2, 0) is 9.59 Å². The van der Waals surface area contributed by atoms with E-state index in [9.17, 15) is 9.59 Å². The van der Waals surface area contributed by atoms with E-state index in [1.54, 1.807) is 18.2 Å². The molecule has 3 N–H and O–H groups in total. The van der Waals surface area contributed by atoms with Crippen molar-refractivity contribution in [2.24, 2.45) is 0 Å². The highest BCUT2D eigenvalue weighted by Crippen LogP contribution is 2.21. The number of likely N-dealkylation sites (N-methyl/N-ethyl adjacent to an activating group) is 1. The van der Waals surface area contributed by atoms with Gasteiger partial charge < -0.3 is 15.5 Å². The predicted octanol–water partition coefficient (Wildman–Crippen LogP) is 3.79. The molecule has 0 fully saturated rings. The van der Waals surface area contributed by atoms with Crippen molar-refractivity contribution >= 4 is 34.8 Å². The highest BCUT2D eigenvalue weighted by atomic mass is 35.5. The molecule has 31 heavy (non-hydrogen) atoms. The summed E-state index contributed by atoms with van der Waals surface area (Å²) in [6.45, 7) is 4.05. The molecule has 160 valence electrons. The van der Waals surface area contributed by atoms with Crippen LogP contribution in [0, 0.1) is 13.8 Å². The number of aryl methyl sites for hydroxylation is 2. The minimum atomic E-state index is -0.557. The Morgan fingerprint density at radius 2 is 1.58 bits per heavy atom. The largest absolute Gasteiger partial charge is 0.320 e. The third-order valence-electron chi connectivity index (χ3n) is 5.13. The fourth-order valence-corrected chi connectivity index (χ4v) is 3.68. The normalized spacial score (nSPS) is 12.6. The first-order valence-electron chi connectivity index (χ1n) is 10.1. The van der Waals surface area contributed by atoms with Gasteiger partial charge in [-0.15, -0.1) is 0 Å². The fraction of sp³-hybridized carbons (Fsp3) is 0.200. The van der Waals surface area contributed by atoms with Gasteiger partial charge in [0.15, 0.2) is 12.6 Å². The van der Waals surface area contributed by atoms with Crippen LogP contribution in [0.15, 0.2) is 72.8 Å². The molecule has 0 radical (unpaired) electrons. The van der Waals surface area contributed by atoms with Crippen molar-refractivity contribution in [2.45, 2.75) is 19.9 Å². The number of hydrogen-bond acceptors (Lipinski definition) is 2. The number of anilines is 2. The Bertz CT molecular complexity index is 1070. The van der Waals surface area contributed by atoms with Crippen molar-refractivity contribution in [3.63, 3.8) is 0 Å². The van der Waals surface area contributed by atoms with Gasteiger partial charge in [-0.05, 0) is 43.2 Å². The van der Waals surface area contributed by atoms with Crippen LogP contribution in [0.4, 0.5) is 11.4 Å². The summed E-state index contributed by atoms with van der Waals surface area (Å²) in [6.07, 6.45) is 0. The van der Waals surface area contributed by atoms with Crippen molar-refractivity contribution in [2.75, 3.05) is 24.2 Å². The van der Waals surface area contributed by atoms with Crippen LogP contribution in [0.2, 0.25) is 5.02 Å². The van der Waals surface area contributed by atoms with Gasteiger partial charge in [-0.1, -0.05) is 66.2 Å². The summed E-state index contributed by atoms with van der Waals surface area (Å²) in [7, 11) is 1.84. The number of halogens is 1. The molecule has 0 saturated carbocycles. The van der Waals surface area contributed by atoms with Gasteiger partial charge in [-0.3, -0.25) is 9.59 Å². The summed E-state index contributed by atoms with van der Waals surface area (Å²) in [6, 6.07) is 22.0. The molecule has 3 aromatic carbocycles. The Balaban J connectivity index is 1.80. The summed E-state index contributed by atoms with van der Waals surface area (Å²) in [5.74, 6) is -0.381. The SMILES string of the molecule is Cc1ccc(C)c(NC(=O)[C@H](c2ccccc2)[NH+](C)CC(=O)Nc2ccccc2Cl)c1. The topological polar surface area (TPSA) is 62.6 Å². The number of carbonyl (C=O) groups excluding carboxylic acids is 2. The summed E-state index contributed by atoms with van der Waals surface area (Å²) in [5, 5.41) is 6.35. The Morgan fingerprint density at radius 3 is 2.29 bits per heavy atom. The van der Waals surface area contributed by atoms with E-state index >= 15 is 0 Å². The van der Waals surface area contributed by atoms with Crippen LogP contribution in [0.1, 0.15) is 22.7 Å². The van der Waals surface area contributed by atoms with Crippen LogP contribution in [0.25, 0.3) is 0 Å². The molecule has 0 heterocycles. The van der Waals surface area contributed by atoms with Crippen LogP contribution < -0.4 is 15.5 Å². The lowest BCUT2D eigenvalue weighted by Gasteiger charge is -2.25. The van der Waals surface area contributed by atoms with Gasteiger partial charge in [0.05, 0.1) is 17.8 Å². The second-order valence-electron chi connectivity index (χ2n) is 7.70. The molecule has 0 aromatic heterocycles. The number of rotatable bonds is 7. The molecule has 0 aliphatic heterocycles. The average molecular weight is 437 g/mol. The minimum Gasteiger partial charge on any atom is -0.320 e. The van der Waals surface area contributed by atoms with Gasteiger partial charge in [0.25, 0.3) is 11.8 Å². The smallest absolute Gasteiger partial charge is 0.287 e. The first-order valence-corrected chi connectivity index (χ1v) is 10.5. The lowest BCUT2D eigenvalue weighted by molar-refractivity contribution is -0.893. The van der Waals surface area contributed by atoms with Crippen LogP contribution >= 0.6 is 11.6 Å². The van der Waals surface area contributed by atoms with Gasteiger partial charge in [0, 0.05) is 11.3 Å². The summed E-state index contributed by atoms with van der Waals surface area (Å²) in [5.41, 5.74) is 4.22. The van der Waals surface area contributed by atoms with Crippen LogP contribution in [0.3, 0.4) is 0 Å². The third-order valence-corrected chi connectivity index (χ3v) is 5.46. The second-order valence-corrected chi connectivity index (χ2v) is 8.11. The molecule has 3 aromatic rings. The molecule has 2 amide bonds. The van der Waals surface area contributed by atoms with E-state index in [0.29, 0.717) is 10.7 Å². The van der Waals surface area contributed by atoms with Gasteiger partial charge in [0.1, 0.15) is 0 Å². The summed E-state index contributed by atoms with van der Waals surface area (Å²) >= 11 is 6.15. The Kier molecular flexibility index (Phi) is 7.45. The standard InChI is InChI=1S/C25H26ClN3O2/c1-17-13-14-18(2)22(15-17)28-25(31)24(19-9-5-4-6-10-19)29(3)16-23(30)27-21-12-8-7-11-20(21)26/h4-15,24H,16H2,1-3H3,(H,27,30)(H,28,31)/p+1/t24-/m0/s1. The van der Waals surface area contributed by atoms with Gasteiger partial charge in [-0.25, -0.2) is 0 Å². The maximum atomic E-state index is 13.3. The zero-order valence-electron chi connectivity index (χ0n) is 17.9. The molecular formula is C25H27ClN3O2+. The van der Waals surface area contributed by atoms with Crippen molar-refractivity contribution in [1.29, 1.82) is 0 Å². The number of carbonyl (C=O) groups is 2. The molecule has 0 aliphatic carbocycles. The van der Waals surface area contributed by atoms with E-state index in [2.05, 4.69) is 10.6 Å². The summed E-state index contributed by atoms with van der Waals surface area (Å²) < 4.78 is 0. The highest BCUT2D eigenvalue weighted by Gasteiger charge is 2.31.